The van der Waals surface area contributed by atoms with Crippen molar-refractivity contribution in [3.8, 4) is 11.5 Å². The SMILES string of the molecule is CCOc1cc(/C=C2/SC(=O)N(CC(=O)N3CCCC3)C2=O)cc(Br)c1OCc1ccc(I)cc1. The molecule has 0 bridgehead atoms. The molecule has 0 N–H and O–H groups in total. The lowest BCUT2D eigenvalue weighted by molar-refractivity contribution is -0.135. The third-order valence-electron chi connectivity index (χ3n) is 5.55. The molecule has 0 atom stereocenters. The predicted molar refractivity (Wildman–Crippen MR) is 147 cm³/mol. The van der Waals surface area contributed by atoms with Crippen LogP contribution in [0.15, 0.2) is 45.8 Å². The fourth-order valence-electron chi connectivity index (χ4n) is 3.80. The van der Waals surface area contributed by atoms with E-state index >= 15 is 0 Å². The van der Waals surface area contributed by atoms with Crippen molar-refractivity contribution < 1.29 is 23.9 Å². The van der Waals surface area contributed by atoms with E-state index in [4.69, 9.17) is 9.47 Å². The largest absolute Gasteiger partial charge is 0.490 e. The highest BCUT2D eigenvalue weighted by Gasteiger charge is 2.37. The molecule has 7 nitrogen and oxygen atoms in total. The van der Waals surface area contributed by atoms with Gasteiger partial charge in [0, 0.05) is 16.7 Å². The summed E-state index contributed by atoms with van der Waals surface area (Å²) in [5.41, 5.74) is 1.71. The van der Waals surface area contributed by atoms with Gasteiger partial charge in [0.2, 0.25) is 5.91 Å². The standard InChI is InChI=1S/C25H24BrIN2O5S/c1-2-33-20-12-17(11-19(26)23(20)34-15-16-5-7-18(27)8-6-16)13-21-24(31)29(25(32)35-21)14-22(30)28-9-3-4-10-28/h5-8,11-13H,2-4,9-10,14-15H2,1H3/b21-13+. The van der Waals surface area contributed by atoms with Crippen LogP contribution < -0.4 is 9.47 Å². The summed E-state index contributed by atoms with van der Waals surface area (Å²) in [6.45, 7) is 3.82. The quantitative estimate of drug-likeness (QED) is 0.265. The summed E-state index contributed by atoms with van der Waals surface area (Å²) in [4.78, 5) is 40.8. The number of benzene rings is 2. The van der Waals surface area contributed by atoms with E-state index in [1.165, 1.54) is 0 Å². The van der Waals surface area contributed by atoms with Crippen molar-refractivity contribution in [2.45, 2.75) is 26.4 Å². The van der Waals surface area contributed by atoms with Crippen molar-refractivity contribution in [2.75, 3.05) is 26.2 Å². The number of rotatable bonds is 8. The number of hydrogen-bond acceptors (Lipinski definition) is 6. The summed E-state index contributed by atoms with van der Waals surface area (Å²) in [5, 5.41) is -0.435. The molecule has 2 aliphatic heterocycles. The van der Waals surface area contributed by atoms with Crippen molar-refractivity contribution in [1.82, 2.24) is 9.80 Å². The van der Waals surface area contributed by atoms with Crippen LogP contribution in [0.4, 0.5) is 4.79 Å². The van der Waals surface area contributed by atoms with Crippen molar-refractivity contribution in [3.63, 3.8) is 0 Å². The Morgan fingerprint density at radius 2 is 1.86 bits per heavy atom. The Kier molecular flexibility index (Phi) is 8.77. The second-order valence-corrected chi connectivity index (χ2v) is 11.1. The Balaban J connectivity index is 1.51. The summed E-state index contributed by atoms with van der Waals surface area (Å²) < 4.78 is 13.7. The minimum atomic E-state index is -0.458. The topological polar surface area (TPSA) is 76.2 Å². The van der Waals surface area contributed by atoms with Gasteiger partial charge in [0.15, 0.2) is 11.5 Å². The fraction of sp³-hybridized carbons (Fsp3) is 0.320. The second kappa shape index (κ2) is 11.8. The number of halogens is 2. The molecule has 35 heavy (non-hydrogen) atoms. The van der Waals surface area contributed by atoms with Crippen LogP contribution in [-0.4, -0.2) is 53.1 Å². The number of carbonyl (C=O) groups excluding carboxylic acids is 3. The van der Waals surface area contributed by atoms with Crippen LogP contribution >= 0.6 is 50.3 Å². The summed E-state index contributed by atoms with van der Waals surface area (Å²) in [5.74, 6) is 0.441. The molecular weight excluding hydrogens is 647 g/mol. The number of hydrogen-bond donors (Lipinski definition) is 0. The van der Waals surface area contributed by atoms with E-state index in [1.54, 1.807) is 17.0 Å². The zero-order chi connectivity index (χ0) is 24.9. The third kappa shape index (κ3) is 6.39. The van der Waals surface area contributed by atoms with Gasteiger partial charge in [-0.1, -0.05) is 12.1 Å². The van der Waals surface area contributed by atoms with Gasteiger partial charge in [0.1, 0.15) is 13.2 Å². The number of carbonyl (C=O) groups is 3. The van der Waals surface area contributed by atoms with Gasteiger partial charge >= 0.3 is 0 Å². The van der Waals surface area contributed by atoms with Gasteiger partial charge in [-0.05, 0) is 112 Å². The zero-order valence-corrected chi connectivity index (χ0v) is 23.7. The van der Waals surface area contributed by atoms with Crippen molar-refractivity contribution in [2.24, 2.45) is 0 Å². The smallest absolute Gasteiger partial charge is 0.294 e. The summed E-state index contributed by atoms with van der Waals surface area (Å²) in [7, 11) is 0. The van der Waals surface area contributed by atoms with Crippen LogP contribution in [-0.2, 0) is 16.2 Å². The molecule has 0 unspecified atom stereocenters. The number of likely N-dealkylation sites (tertiary alicyclic amines) is 1. The van der Waals surface area contributed by atoms with Crippen molar-refractivity contribution in [3.05, 3.63) is 60.5 Å². The highest BCUT2D eigenvalue weighted by atomic mass is 127. The molecule has 2 heterocycles. The monoisotopic (exact) mass is 670 g/mol. The van der Waals surface area contributed by atoms with Crippen LogP contribution in [0.3, 0.4) is 0 Å². The number of amides is 3. The summed E-state index contributed by atoms with van der Waals surface area (Å²) in [6, 6.07) is 11.7. The van der Waals surface area contributed by atoms with E-state index in [2.05, 4.69) is 38.5 Å². The number of thioether (sulfide) groups is 1. The molecule has 184 valence electrons. The van der Waals surface area contributed by atoms with Gasteiger partial charge in [0.05, 0.1) is 16.0 Å². The molecule has 0 radical (unpaired) electrons. The molecule has 0 saturated carbocycles. The number of ether oxygens (including phenoxy) is 2. The molecule has 2 saturated heterocycles. The van der Waals surface area contributed by atoms with Gasteiger partial charge in [-0.3, -0.25) is 19.3 Å². The van der Waals surface area contributed by atoms with Gasteiger partial charge in [-0.25, -0.2) is 0 Å². The minimum absolute atomic E-state index is 0.193. The molecule has 2 aromatic rings. The highest BCUT2D eigenvalue weighted by Crippen LogP contribution is 2.39. The fourth-order valence-corrected chi connectivity index (χ4v) is 5.57. The maximum Gasteiger partial charge on any atom is 0.294 e. The summed E-state index contributed by atoms with van der Waals surface area (Å²) >= 11 is 6.65. The molecule has 2 aliphatic rings. The Labute approximate surface area is 230 Å². The van der Waals surface area contributed by atoms with Gasteiger partial charge in [-0.15, -0.1) is 0 Å². The Morgan fingerprint density at radius 3 is 2.54 bits per heavy atom. The van der Waals surface area contributed by atoms with Crippen LogP contribution in [0.25, 0.3) is 6.08 Å². The first kappa shape index (κ1) is 26.0. The van der Waals surface area contributed by atoms with E-state index < -0.39 is 11.1 Å². The van der Waals surface area contributed by atoms with E-state index in [0.717, 1.165) is 38.6 Å². The van der Waals surface area contributed by atoms with E-state index in [9.17, 15) is 14.4 Å². The zero-order valence-electron chi connectivity index (χ0n) is 19.1. The first-order valence-corrected chi connectivity index (χ1v) is 13.9. The van der Waals surface area contributed by atoms with Crippen LogP contribution in [0.1, 0.15) is 30.9 Å². The van der Waals surface area contributed by atoms with Crippen LogP contribution in [0.5, 0.6) is 11.5 Å². The Morgan fingerprint density at radius 1 is 1.14 bits per heavy atom. The average Bonchev–Trinajstić information content (AvgIpc) is 3.45. The molecule has 0 aromatic heterocycles. The molecule has 2 fully saturated rings. The first-order chi connectivity index (χ1) is 16.9. The molecule has 3 amide bonds. The molecule has 0 aliphatic carbocycles. The van der Waals surface area contributed by atoms with E-state index in [-0.39, 0.29) is 17.4 Å². The number of imide groups is 1. The maximum atomic E-state index is 12.9. The first-order valence-electron chi connectivity index (χ1n) is 11.2. The molecule has 0 spiro atoms. The Bertz CT molecular complexity index is 1170. The van der Waals surface area contributed by atoms with Crippen molar-refractivity contribution in [1.29, 1.82) is 0 Å². The minimum Gasteiger partial charge on any atom is -0.490 e. The lowest BCUT2D eigenvalue weighted by Crippen LogP contribution is -2.40. The highest BCUT2D eigenvalue weighted by molar-refractivity contribution is 14.1. The van der Waals surface area contributed by atoms with Gasteiger partial charge in [-0.2, -0.15) is 0 Å². The molecule has 10 heteroatoms. The normalized spacial score (nSPS) is 16.9. The maximum absolute atomic E-state index is 12.9. The Hall–Kier alpha value is -2.05. The van der Waals surface area contributed by atoms with Crippen LogP contribution in [0.2, 0.25) is 0 Å². The molecular formula is C25H24BrIN2O5S. The average molecular weight is 671 g/mol. The lowest BCUT2D eigenvalue weighted by Gasteiger charge is -2.18. The lowest BCUT2D eigenvalue weighted by atomic mass is 10.1. The third-order valence-corrected chi connectivity index (χ3v) is 7.77. The van der Waals surface area contributed by atoms with E-state index in [1.807, 2.05) is 37.3 Å². The molecule has 4 rings (SSSR count). The van der Waals surface area contributed by atoms with E-state index in [0.29, 0.717) is 47.8 Å². The van der Waals surface area contributed by atoms with Gasteiger partial charge < -0.3 is 14.4 Å². The van der Waals surface area contributed by atoms with Crippen LogP contribution in [0, 0.1) is 3.57 Å². The predicted octanol–water partition coefficient (Wildman–Crippen LogP) is 5.69. The second-order valence-electron chi connectivity index (χ2n) is 8.03. The van der Waals surface area contributed by atoms with Gasteiger partial charge in [0.25, 0.3) is 11.1 Å². The summed E-state index contributed by atoms with van der Waals surface area (Å²) in [6.07, 6.45) is 3.55. The van der Waals surface area contributed by atoms with Crippen molar-refractivity contribution >= 4 is 73.4 Å². The molecule has 2 aromatic carbocycles. The number of nitrogens with zero attached hydrogens (tertiary/aromatic N) is 2.